The van der Waals surface area contributed by atoms with Gasteiger partial charge in [-0.05, 0) is 31.2 Å². The molecule has 0 aliphatic carbocycles. The molecule has 2 heterocycles. The van der Waals surface area contributed by atoms with Gasteiger partial charge in [0.2, 0.25) is 0 Å². The number of benzene rings is 1. The van der Waals surface area contributed by atoms with Crippen molar-refractivity contribution in [2.75, 3.05) is 6.61 Å². The topological polar surface area (TPSA) is 63.3 Å². The molecule has 4 heteroatoms. The lowest BCUT2D eigenvalue weighted by molar-refractivity contribution is 0.298. The maximum absolute atomic E-state index is 12.7. The van der Waals surface area contributed by atoms with Crippen LogP contribution in [-0.4, -0.2) is 16.7 Å². The molecule has 0 atom stereocenters. The van der Waals surface area contributed by atoms with Gasteiger partial charge in [-0.2, -0.15) is 0 Å². The van der Waals surface area contributed by atoms with Gasteiger partial charge in [-0.15, -0.1) is 0 Å². The van der Waals surface area contributed by atoms with Gasteiger partial charge in [-0.3, -0.25) is 9.78 Å². The van der Waals surface area contributed by atoms with Crippen molar-refractivity contribution in [3.8, 4) is 11.3 Å². The van der Waals surface area contributed by atoms with E-state index in [2.05, 4.69) is 4.98 Å². The predicted octanol–water partition coefficient (Wildman–Crippen LogP) is 2.70. The average Bonchev–Trinajstić information content (AvgIpc) is 2.51. The summed E-state index contributed by atoms with van der Waals surface area (Å²) in [7, 11) is 0. The van der Waals surface area contributed by atoms with Crippen LogP contribution < -0.4 is 5.43 Å². The van der Waals surface area contributed by atoms with Gasteiger partial charge < -0.3 is 9.52 Å². The Morgan fingerprint density at radius 2 is 1.95 bits per heavy atom. The van der Waals surface area contributed by atoms with Crippen LogP contribution in [0.5, 0.6) is 0 Å². The van der Waals surface area contributed by atoms with Crippen molar-refractivity contribution in [1.29, 1.82) is 0 Å². The van der Waals surface area contributed by atoms with Crippen LogP contribution in [0.3, 0.4) is 0 Å². The molecule has 3 rings (SSSR count). The first-order valence-corrected chi connectivity index (χ1v) is 6.78. The fourth-order valence-corrected chi connectivity index (χ4v) is 2.42. The SMILES string of the molecule is Cc1ccc2oc(-c3ccncc3)c(CCO)c(=O)c2c1. The Morgan fingerprint density at radius 3 is 2.67 bits per heavy atom. The van der Waals surface area contributed by atoms with Gasteiger partial charge >= 0.3 is 0 Å². The summed E-state index contributed by atoms with van der Waals surface area (Å²) in [6.45, 7) is 1.83. The Hall–Kier alpha value is -2.46. The standard InChI is InChI=1S/C17H15NO3/c1-11-2-3-15-14(10-11)16(20)13(6-9-19)17(21-15)12-4-7-18-8-5-12/h2-5,7-8,10,19H,6,9H2,1H3. The fraction of sp³-hybridized carbons (Fsp3) is 0.176. The number of aromatic nitrogens is 1. The summed E-state index contributed by atoms with van der Waals surface area (Å²) in [5.41, 5.74) is 2.76. The summed E-state index contributed by atoms with van der Waals surface area (Å²) >= 11 is 0. The van der Waals surface area contributed by atoms with Gasteiger partial charge in [0.1, 0.15) is 11.3 Å². The molecule has 0 bridgehead atoms. The van der Waals surface area contributed by atoms with Crippen molar-refractivity contribution < 1.29 is 9.52 Å². The summed E-state index contributed by atoms with van der Waals surface area (Å²) in [5, 5.41) is 9.80. The molecule has 0 amide bonds. The third-order valence-electron chi connectivity index (χ3n) is 3.44. The van der Waals surface area contributed by atoms with E-state index in [1.165, 1.54) is 0 Å². The van der Waals surface area contributed by atoms with Crippen LogP contribution in [0.1, 0.15) is 11.1 Å². The van der Waals surface area contributed by atoms with E-state index in [0.717, 1.165) is 11.1 Å². The molecule has 3 aromatic rings. The van der Waals surface area contributed by atoms with Gasteiger partial charge in [0.15, 0.2) is 5.43 Å². The molecule has 0 saturated heterocycles. The minimum atomic E-state index is -0.0971. The van der Waals surface area contributed by atoms with E-state index in [0.29, 0.717) is 22.3 Å². The van der Waals surface area contributed by atoms with E-state index < -0.39 is 0 Å². The second-order valence-corrected chi connectivity index (χ2v) is 4.95. The zero-order chi connectivity index (χ0) is 14.8. The highest BCUT2D eigenvalue weighted by atomic mass is 16.3. The molecule has 0 saturated carbocycles. The number of hydrogen-bond donors (Lipinski definition) is 1. The molecular formula is C17H15NO3. The zero-order valence-corrected chi connectivity index (χ0v) is 11.7. The molecule has 4 nitrogen and oxygen atoms in total. The highest BCUT2D eigenvalue weighted by Gasteiger charge is 2.15. The Morgan fingerprint density at radius 1 is 1.19 bits per heavy atom. The molecule has 21 heavy (non-hydrogen) atoms. The van der Waals surface area contributed by atoms with Crippen LogP contribution in [0.25, 0.3) is 22.3 Å². The fourth-order valence-electron chi connectivity index (χ4n) is 2.42. The minimum Gasteiger partial charge on any atom is -0.456 e. The summed E-state index contributed by atoms with van der Waals surface area (Å²) in [6.07, 6.45) is 3.57. The number of aliphatic hydroxyl groups excluding tert-OH is 1. The lowest BCUT2D eigenvalue weighted by Crippen LogP contribution is -2.13. The molecule has 0 radical (unpaired) electrons. The lowest BCUT2D eigenvalue weighted by Gasteiger charge is -2.09. The molecule has 0 aliphatic heterocycles. The highest BCUT2D eigenvalue weighted by Crippen LogP contribution is 2.26. The maximum atomic E-state index is 12.7. The van der Waals surface area contributed by atoms with Crippen LogP contribution >= 0.6 is 0 Å². The Kier molecular flexibility index (Phi) is 3.54. The smallest absolute Gasteiger partial charge is 0.196 e. The normalized spacial score (nSPS) is 11.0. The number of hydrogen-bond acceptors (Lipinski definition) is 4. The van der Waals surface area contributed by atoms with Crippen molar-refractivity contribution in [2.24, 2.45) is 0 Å². The molecule has 0 fully saturated rings. The van der Waals surface area contributed by atoms with Crippen molar-refractivity contribution in [1.82, 2.24) is 4.98 Å². The van der Waals surface area contributed by atoms with E-state index in [-0.39, 0.29) is 18.5 Å². The van der Waals surface area contributed by atoms with Crippen molar-refractivity contribution in [2.45, 2.75) is 13.3 Å². The number of nitrogens with zero attached hydrogens (tertiary/aromatic N) is 1. The summed E-state index contributed by atoms with van der Waals surface area (Å²) in [6, 6.07) is 9.11. The van der Waals surface area contributed by atoms with E-state index in [4.69, 9.17) is 4.42 Å². The molecule has 1 N–H and O–H groups in total. The number of pyridine rings is 1. The molecule has 0 aliphatic rings. The summed E-state index contributed by atoms with van der Waals surface area (Å²) < 4.78 is 5.93. The van der Waals surface area contributed by atoms with Crippen molar-refractivity contribution >= 4 is 11.0 Å². The first kappa shape index (κ1) is 13.5. The number of aryl methyl sites for hydroxylation is 1. The quantitative estimate of drug-likeness (QED) is 0.801. The van der Waals surface area contributed by atoms with Crippen molar-refractivity contribution in [3.63, 3.8) is 0 Å². The molecule has 106 valence electrons. The minimum absolute atomic E-state index is 0.0826. The highest BCUT2D eigenvalue weighted by molar-refractivity contribution is 5.81. The van der Waals surface area contributed by atoms with Crippen molar-refractivity contribution in [3.05, 3.63) is 64.1 Å². The Bertz CT molecular complexity index is 838. The lowest BCUT2D eigenvalue weighted by atomic mass is 10.0. The molecule has 0 spiro atoms. The largest absolute Gasteiger partial charge is 0.456 e. The molecule has 0 unspecified atom stereocenters. The third-order valence-corrected chi connectivity index (χ3v) is 3.44. The number of fused-ring (bicyclic) bond motifs is 1. The Labute approximate surface area is 121 Å². The van der Waals surface area contributed by atoms with Crippen LogP contribution in [-0.2, 0) is 6.42 Å². The van der Waals surface area contributed by atoms with Gasteiger partial charge in [0.25, 0.3) is 0 Å². The van der Waals surface area contributed by atoms with Crippen LogP contribution in [0.2, 0.25) is 0 Å². The van der Waals surface area contributed by atoms with Gasteiger partial charge in [-0.1, -0.05) is 11.6 Å². The first-order valence-electron chi connectivity index (χ1n) is 6.78. The van der Waals surface area contributed by atoms with Crippen LogP contribution in [0, 0.1) is 6.92 Å². The van der Waals surface area contributed by atoms with E-state index in [1.807, 2.05) is 19.1 Å². The van der Waals surface area contributed by atoms with Gasteiger partial charge in [0, 0.05) is 36.5 Å². The summed E-state index contributed by atoms with van der Waals surface area (Å²) in [5.74, 6) is 0.507. The average molecular weight is 281 g/mol. The van der Waals surface area contributed by atoms with Crippen LogP contribution in [0.15, 0.2) is 51.9 Å². The van der Waals surface area contributed by atoms with E-state index in [1.54, 1.807) is 30.6 Å². The molecule has 1 aromatic carbocycles. The first-order chi connectivity index (χ1) is 10.2. The van der Waals surface area contributed by atoms with Gasteiger partial charge in [-0.25, -0.2) is 0 Å². The summed E-state index contributed by atoms with van der Waals surface area (Å²) in [4.78, 5) is 16.7. The van der Waals surface area contributed by atoms with Gasteiger partial charge in [0.05, 0.1) is 5.39 Å². The predicted molar refractivity (Wildman–Crippen MR) is 81.2 cm³/mol. The maximum Gasteiger partial charge on any atom is 0.196 e. The van der Waals surface area contributed by atoms with E-state index in [9.17, 15) is 9.90 Å². The third kappa shape index (κ3) is 2.45. The van der Waals surface area contributed by atoms with Crippen LogP contribution in [0.4, 0.5) is 0 Å². The van der Waals surface area contributed by atoms with E-state index >= 15 is 0 Å². The number of rotatable bonds is 3. The number of aliphatic hydroxyl groups is 1. The second kappa shape index (κ2) is 5.50. The molecular weight excluding hydrogens is 266 g/mol. The second-order valence-electron chi connectivity index (χ2n) is 4.95. The molecule has 2 aromatic heterocycles. The zero-order valence-electron chi connectivity index (χ0n) is 11.7. The monoisotopic (exact) mass is 281 g/mol. The Balaban J connectivity index is 2.36.